The van der Waals surface area contributed by atoms with Crippen LogP contribution in [0.15, 0.2) is 33.9 Å². The van der Waals surface area contributed by atoms with Crippen LogP contribution in [0.5, 0.6) is 0 Å². The summed E-state index contributed by atoms with van der Waals surface area (Å²) in [6.45, 7) is 6.60. The molecule has 0 aliphatic carbocycles. The van der Waals surface area contributed by atoms with Gasteiger partial charge in [0.2, 0.25) is 5.78 Å². The predicted octanol–water partition coefficient (Wildman–Crippen LogP) is 1.93. The fourth-order valence-electron chi connectivity index (χ4n) is 3.65. The van der Waals surface area contributed by atoms with E-state index in [1.54, 1.807) is 23.6 Å². The van der Waals surface area contributed by atoms with Gasteiger partial charge < -0.3 is 4.74 Å². The van der Waals surface area contributed by atoms with Gasteiger partial charge in [0.15, 0.2) is 11.2 Å². The Kier molecular flexibility index (Phi) is 4.62. The SMILES string of the molecule is CCOCCn1c(=O)c2c(nc3n(-c4ccc(F)cc4)c(C)c(C)n23)n(C)c1=O. The van der Waals surface area contributed by atoms with Crippen molar-refractivity contribution >= 4 is 16.9 Å². The molecule has 152 valence electrons. The van der Waals surface area contributed by atoms with Crippen molar-refractivity contribution in [3.8, 4) is 5.69 Å². The van der Waals surface area contributed by atoms with E-state index in [1.807, 2.05) is 25.3 Å². The molecule has 4 rings (SSSR count). The van der Waals surface area contributed by atoms with Crippen LogP contribution in [0.4, 0.5) is 4.39 Å². The summed E-state index contributed by atoms with van der Waals surface area (Å²) < 4.78 is 24.9. The van der Waals surface area contributed by atoms with E-state index in [0.29, 0.717) is 23.5 Å². The highest BCUT2D eigenvalue weighted by atomic mass is 19.1. The number of benzene rings is 1. The molecular formula is C20H22FN5O3. The molecule has 1 aromatic carbocycles. The standard InChI is InChI=1S/C20H22FN5O3/c1-5-29-11-10-24-18(27)16-17(23(4)20(24)28)22-19-25(12(2)13(3)26(16)19)15-8-6-14(21)7-9-15/h6-9H,5,10-11H2,1-4H3. The van der Waals surface area contributed by atoms with E-state index in [0.717, 1.165) is 17.1 Å². The third-order valence-electron chi connectivity index (χ3n) is 5.27. The Morgan fingerprint density at radius 2 is 1.79 bits per heavy atom. The number of halogens is 1. The van der Waals surface area contributed by atoms with E-state index in [9.17, 15) is 14.0 Å². The maximum absolute atomic E-state index is 13.4. The largest absolute Gasteiger partial charge is 0.380 e. The molecule has 0 atom stereocenters. The van der Waals surface area contributed by atoms with E-state index in [-0.39, 0.29) is 19.0 Å². The molecule has 0 radical (unpaired) electrons. The Balaban J connectivity index is 2.06. The van der Waals surface area contributed by atoms with Crippen molar-refractivity contribution in [2.24, 2.45) is 7.05 Å². The predicted molar refractivity (Wildman–Crippen MR) is 107 cm³/mol. The van der Waals surface area contributed by atoms with Crippen LogP contribution in [-0.4, -0.2) is 36.3 Å². The minimum absolute atomic E-state index is 0.166. The Hall–Kier alpha value is -3.20. The summed E-state index contributed by atoms with van der Waals surface area (Å²) in [6, 6.07) is 6.06. The van der Waals surface area contributed by atoms with Crippen LogP contribution < -0.4 is 11.2 Å². The molecule has 29 heavy (non-hydrogen) atoms. The van der Waals surface area contributed by atoms with Gasteiger partial charge in [-0.05, 0) is 45.0 Å². The van der Waals surface area contributed by atoms with Crippen LogP contribution in [0, 0.1) is 19.7 Å². The van der Waals surface area contributed by atoms with Gasteiger partial charge in [-0.25, -0.2) is 9.18 Å². The van der Waals surface area contributed by atoms with Gasteiger partial charge in [0, 0.05) is 30.7 Å². The third kappa shape index (κ3) is 2.80. The zero-order valence-corrected chi connectivity index (χ0v) is 16.8. The lowest BCUT2D eigenvalue weighted by molar-refractivity contribution is 0.137. The summed E-state index contributed by atoms with van der Waals surface area (Å²) in [6.07, 6.45) is 0. The minimum Gasteiger partial charge on any atom is -0.380 e. The molecule has 8 nitrogen and oxygen atoms in total. The molecule has 3 aromatic heterocycles. The van der Waals surface area contributed by atoms with Gasteiger partial charge in [-0.2, -0.15) is 4.98 Å². The first-order chi connectivity index (χ1) is 13.9. The number of aromatic nitrogens is 5. The smallest absolute Gasteiger partial charge is 0.332 e. The summed E-state index contributed by atoms with van der Waals surface area (Å²) in [4.78, 5) is 30.5. The second-order valence-electron chi connectivity index (χ2n) is 6.90. The van der Waals surface area contributed by atoms with Crippen molar-refractivity contribution < 1.29 is 9.13 Å². The molecule has 0 saturated heterocycles. The fourth-order valence-corrected chi connectivity index (χ4v) is 3.65. The topological polar surface area (TPSA) is 75.5 Å². The van der Waals surface area contributed by atoms with Gasteiger partial charge in [-0.1, -0.05) is 0 Å². The molecule has 9 heteroatoms. The Morgan fingerprint density at radius 3 is 2.45 bits per heavy atom. The molecule has 0 aliphatic heterocycles. The lowest BCUT2D eigenvalue weighted by Gasteiger charge is -2.08. The van der Waals surface area contributed by atoms with E-state index in [1.165, 1.54) is 21.3 Å². The Labute approximate surface area is 165 Å². The van der Waals surface area contributed by atoms with Crippen LogP contribution in [0.1, 0.15) is 18.3 Å². The van der Waals surface area contributed by atoms with E-state index in [4.69, 9.17) is 4.74 Å². The number of rotatable bonds is 5. The van der Waals surface area contributed by atoms with Crippen molar-refractivity contribution in [1.29, 1.82) is 0 Å². The molecule has 0 unspecified atom stereocenters. The summed E-state index contributed by atoms with van der Waals surface area (Å²) in [7, 11) is 1.60. The molecule has 0 spiro atoms. The van der Waals surface area contributed by atoms with Crippen LogP contribution in [0.2, 0.25) is 0 Å². The maximum atomic E-state index is 13.4. The molecule has 0 N–H and O–H groups in total. The zero-order valence-electron chi connectivity index (χ0n) is 16.8. The van der Waals surface area contributed by atoms with E-state index >= 15 is 0 Å². The monoisotopic (exact) mass is 399 g/mol. The highest BCUT2D eigenvalue weighted by molar-refractivity contribution is 5.77. The molecular weight excluding hydrogens is 377 g/mol. The van der Waals surface area contributed by atoms with E-state index in [2.05, 4.69) is 4.98 Å². The number of aryl methyl sites for hydroxylation is 2. The normalized spacial score (nSPS) is 11.8. The maximum Gasteiger partial charge on any atom is 0.332 e. The fraction of sp³-hybridized carbons (Fsp3) is 0.350. The highest BCUT2D eigenvalue weighted by Crippen LogP contribution is 2.24. The van der Waals surface area contributed by atoms with Gasteiger partial charge in [-0.15, -0.1) is 0 Å². The lowest BCUT2D eigenvalue weighted by Crippen LogP contribution is -2.40. The number of fused-ring (bicyclic) bond motifs is 3. The quantitative estimate of drug-likeness (QED) is 0.481. The molecule has 0 amide bonds. The van der Waals surface area contributed by atoms with Crippen LogP contribution in [-0.2, 0) is 18.3 Å². The van der Waals surface area contributed by atoms with E-state index < -0.39 is 11.2 Å². The molecule has 0 fully saturated rings. The molecule has 3 heterocycles. The first-order valence-corrected chi connectivity index (χ1v) is 9.40. The molecule has 0 bridgehead atoms. The third-order valence-corrected chi connectivity index (χ3v) is 5.27. The van der Waals surface area contributed by atoms with Gasteiger partial charge in [0.1, 0.15) is 5.82 Å². The number of nitrogens with zero attached hydrogens (tertiary/aromatic N) is 5. The number of imidazole rings is 2. The molecule has 0 aliphatic rings. The van der Waals surface area contributed by atoms with Crippen LogP contribution in [0.25, 0.3) is 22.6 Å². The van der Waals surface area contributed by atoms with Crippen molar-refractivity contribution in [3.05, 3.63) is 62.3 Å². The van der Waals surface area contributed by atoms with Gasteiger partial charge in [-0.3, -0.25) is 22.9 Å². The lowest BCUT2D eigenvalue weighted by atomic mass is 10.3. The Bertz CT molecular complexity index is 1340. The average Bonchev–Trinajstić information content (AvgIpc) is 3.20. The first-order valence-electron chi connectivity index (χ1n) is 9.40. The summed E-state index contributed by atoms with van der Waals surface area (Å²) in [5, 5.41) is 0. The summed E-state index contributed by atoms with van der Waals surface area (Å²) >= 11 is 0. The molecule has 0 saturated carbocycles. The zero-order chi connectivity index (χ0) is 20.9. The van der Waals surface area contributed by atoms with Crippen LogP contribution in [0.3, 0.4) is 0 Å². The molecule has 4 aromatic rings. The van der Waals surface area contributed by atoms with Crippen molar-refractivity contribution in [2.45, 2.75) is 27.3 Å². The van der Waals surface area contributed by atoms with Gasteiger partial charge in [0.05, 0.1) is 13.2 Å². The highest BCUT2D eigenvalue weighted by Gasteiger charge is 2.23. The minimum atomic E-state index is -0.439. The second kappa shape index (κ2) is 7.00. The first kappa shape index (κ1) is 19.1. The van der Waals surface area contributed by atoms with Crippen molar-refractivity contribution in [2.75, 3.05) is 13.2 Å². The van der Waals surface area contributed by atoms with Crippen molar-refractivity contribution in [1.82, 2.24) is 23.1 Å². The van der Waals surface area contributed by atoms with Crippen LogP contribution >= 0.6 is 0 Å². The second-order valence-corrected chi connectivity index (χ2v) is 6.90. The summed E-state index contributed by atoms with van der Waals surface area (Å²) in [5.74, 6) is 0.163. The number of hydrogen-bond donors (Lipinski definition) is 0. The number of hydrogen-bond acceptors (Lipinski definition) is 4. The van der Waals surface area contributed by atoms with Crippen molar-refractivity contribution in [3.63, 3.8) is 0 Å². The van der Waals surface area contributed by atoms with Gasteiger partial charge >= 0.3 is 5.69 Å². The summed E-state index contributed by atoms with van der Waals surface area (Å²) in [5.41, 5.74) is 2.20. The number of ether oxygens (including phenoxy) is 1. The van der Waals surface area contributed by atoms with Gasteiger partial charge in [0.25, 0.3) is 5.56 Å². The average molecular weight is 399 g/mol. The Morgan fingerprint density at radius 1 is 1.10 bits per heavy atom.